The van der Waals surface area contributed by atoms with Gasteiger partial charge in [-0.2, -0.15) is 11.8 Å². The highest BCUT2D eigenvalue weighted by molar-refractivity contribution is 7.98. The molecule has 1 rings (SSSR count). The highest BCUT2D eigenvalue weighted by Gasteiger charge is 2.09. The fourth-order valence-corrected chi connectivity index (χ4v) is 1.83. The topological polar surface area (TPSA) is 35.5 Å². The Morgan fingerprint density at radius 3 is 2.76 bits per heavy atom. The molecule has 1 aromatic rings. The Bertz CT molecular complexity index is 377. The van der Waals surface area contributed by atoms with Crippen molar-refractivity contribution in [1.29, 1.82) is 0 Å². The van der Waals surface area contributed by atoms with Crippen molar-refractivity contribution in [2.24, 2.45) is 0 Å². The van der Waals surface area contributed by atoms with Gasteiger partial charge in [-0.25, -0.2) is 0 Å². The number of thioether (sulfide) groups is 1. The van der Waals surface area contributed by atoms with E-state index in [1.165, 1.54) is 6.92 Å². The van der Waals surface area contributed by atoms with Gasteiger partial charge in [0.05, 0.1) is 19.3 Å². The van der Waals surface area contributed by atoms with Gasteiger partial charge < -0.3 is 9.47 Å². The van der Waals surface area contributed by atoms with Crippen LogP contribution in [0, 0.1) is 0 Å². The molecule has 0 N–H and O–H groups in total. The molecule has 0 bridgehead atoms. The minimum Gasteiger partial charge on any atom is -0.497 e. The molecule has 0 atom stereocenters. The van der Waals surface area contributed by atoms with Crippen molar-refractivity contribution >= 4 is 17.5 Å². The number of ether oxygens (including phenoxy) is 2. The first-order valence-corrected chi connectivity index (χ1v) is 6.89. The van der Waals surface area contributed by atoms with Crippen LogP contribution < -0.4 is 9.47 Å². The van der Waals surface area contributed by atoms with Crippen LogP contribution in [0.3, 0.4) is 0 Å². The maximum atomic E-state index is 11.4. The highest BCUT2D eigenvalue weighted by atomic mass is 32.2. The van der Waals surface area contributed by atoms with Gasteiger partial charge in [0.25, 0.3) is 0 Å². The van der Waals surface area contributed by atoms with Crippen LogP contribution >= 0.6 is 11.8 Å². The Kier molecular flexibility index (Phi) is 5.91. The number of hydrogen-bond donors (Lipinski definition) is 0. The van der Waals surface area contributed by atoms with E-state index in [0.29, 0.717) is 23.7 Å². The van der Waals surface area contributed by atoms with E-state index in [0.717, 1.165) is 12.2 Å². The smallest absolute Gasteiger partial charge is 0.163 e. The fourth-order valence-electron chi connectivity index (χ4n) is 1.43. The number of ketones is 1. The lowest BCUT2D eigenvalue weighted by atomic mass is 10.1. The van der Waals surface area contributed by atoms with Gasteiger partial charge in [-0.15, -0.1) is 0 Å². The standard InChI is InChI=1S/C13H18O3S/c1-10(14)12-6-5-11(15-2)9-13(12)16-7-4-8-17-3/h5-6,9H,4,7-8H2,1-3H3. The second kappa shape index (κ2) is 7.22. The van der Waals surface area contributed by atoms with E-state index in [2.05, 4.69) is 6.26 Å². The summed E-state index contributed by atoms with van der Waals surface area (Å²) in [5, 5.41) is 0. The molecule has 0 radical (unpaired) electrons. The van der Waals surface area contributed by atoms with E-state index in [1.54, 1.807) is 37.1 Å². The summed E-state index contributed by atoms with van der Waals surface area (Å²) in [7, 11) is 1.60. The van der Waals surface area contributed by atoms with E-state index in [-0.39, 0.29) is 5.78 Å². The van der Waals surface area contributed by atoms with Gasteiger partial charge in [-0.1, -0.05) is 0 Å². The molecule has 0 saturated heterocycles. The Hall–Kier alpha value is -1.16. The molecule has 0 aromatic heterocycles. The van der Waals surface area contributed by atoms with E-state index in [1.807, 2.05) is 0 Å². The van der Waals surface area contributed by atoms with Crippen molar-refractivity contribution in [2.75, 3.05) is 25.7 Å². The van der Waals surface area contributed by atoms with E-state index in [4.69, 9.17) is 9.47 Å². The molecule has 4 heteroatoms. The zero-order valence-electron chi connectivity index (χ0n) is 10.5. The van der Waals surface area contributed by atoms with Crippen molar-refractivity contribution < 1.29 is 14.3 Å². The zero-order chi connectivity index (χ0) is 12.7. The Morgan fingerprint density at radius 2 is 2.18 bits per heavy atom. The number of rotatable bonds is 7. The molecule has 3 nitrogen and oxygen atoms in total. The van der Waals surface area contributed by atoms with Crippen LogP contribution in [0.25, 0.3) is 0 Å². The molecule has 0 unspecified atom stereocenters. The van der Waals surface area contributed by atoms with Gasteiger partial charge in [0.15, 0.2) is 5.78 Å². The summed E-state index contributed by atoms with van der Waals surface area (Å²) in [5.41, 5.74) is 0.606. The first-order valence-electron chi connectivity index (χ1n) is 5.49. The molecule has 1 aromatic carbocycles. The largest absolute Gasteiger partial charge is 0.497 e. The van der Waals surface area contributed by atoms with Crippen LogP contribution in [0.15, 0.2) is 18.2 Å². The lowest BCUT2D eigenvalue weighted by Gasteiger charge is -2.11. The normalized spacial score (nSPS) is 10.1. The van der Waals surface area contributed by atoms with Gasteiger partial charge in [0, 0.05) is 6.07 Å². The van der Waals surface area contributed by atoms with Crippen LogP contribution in [0.1, 0.15) is 23.7 Å². The summed E-state index contributed by atoms with van der Waals surface area (Å²) in [6.45, 7) is 2.16. The van der Waals surface area contributed by atoms with Crippen LogP contribution in [-0.4, -0.2) is 31.5 Å². The molecule has 0 amide bonds. The molecule has 94 valence electrons. The van der Waals surface area contributed by atoms with Gasteiger partial charge >= 0.3 is 0 Å². The average Bonchev–Trinajstić information content (AvgIpc) is 2.34. The molecular formula is C13H18O3S. The highest BCUT2D eigenvalue weighted by Crippen LogP contribution is 2.25. The Balaban J connectivity index is 2.75. The maximum absolute atomic E-state index is 11.4. The van der Waals surface area contributed by atoms with E-state index < -0.39 is 0 Å². The zero-order valence-corrected chi connectivity index (χ0v) is 11.3. The molecule has 0 fully saturated rings. The van der Waals surface area contributed by atoms with Crippen molar-refractivity contribution in [3.05, 3.63) is 23.8 Å². The van der Waals surface area contributed by atoms with E-state index in [9.17, 15) is 4.79 Å². The first kappa shape index (κ1) is 13.9. The average molecular weight is 254 g/mol. The molecule has 0 spiro atoms. The third kappa shape index (κ3) is 4.30. The Labute approximate surface area is 106 Å². The minimum absolute atomic E-state index is 0.00696. The Morgan fingerprint density at radius 1 is 1.41 bits per heavy atom. The number of benzene rings is 1. The maximum Gasteiger partial charge on any atom is 0.163 e. The van der Waals surface area contributed by atoms with Crippen LogP contribution in [0.2, 0.25) is 0 Å². The minimum atomic E-state index is 0.00696. The second-order valence-corrected chi connectivity index (χ2v) is 4.60. The second-order valence-electron chi connectivity index (χ2n) is 3.61. The fraction of sp³-hybridized carbons (Fsp3) is 0.462. The SMILES string of the molecule is COc1ccc(C(C)=O)c(OCCCSC)c1. The molecule has 0 saturated carbocycles. The quantitative estimate of drug-likeness (QED) is 0.553. The van der Waals surface area contributed by atoms with Crippen LogP contribution in [0.5, 0.6) is 11.5 Å². The summed E-state index contributed by atoms with van der Waals surface area (Å²) in [6, 6.07) is 5.27. The van der Waals surface area contributed by atoms with Gasteiger partial charge in [0.2, 0.25) is 0 Å². The molecule has 17 heavy (non-hydrogen) atoms. The van der Waals surface area contributed by atoms with Crippen molar-refractivity contribution in [1.82, 2.24) is 0 Å². The number of carbonyl (C=O) groups excluding carboxylic acids is 1. The monoisotopic (exact) mass is 254 g/mol. The van der Waals surface area contributed by atoms with Gasteiger partial charge in [-0.05, 0) is 37.5 Å². The van der Waals surface area contributed by atoms with E-state index >= 15 is 0 Å². The summed E-state index contributed by atoms with van der Waals surface area (Å²) in [6.07, 6.45) is 3.03. The number of methoxy groups -OCH3 is 1. The van der Waals surface area contributed by atoms with Crippen LogP contribution in [-0.2, 0) is 0 Å². The third-order valence-corrected chi connectivity index (χ3v) is 3.02. The summed E-state index contributed by atoms with van der Waals surface area (Å²) >= 11 is 1.78. The third-order valence-electron chi connectivity index (χ3n) is 2.32. The molecule has 0 aliphatic heterocycles. The van der Waals surface area contributed by atoms with Crippen molar-refractivity contribution in [3.63, 3.8) is 0 Å². The molecule has 0 aliphatic carbocycles. The summed E-state index contributed by atoms with van der Waals surface area (Å²) in [5.74, 6) is 2.37. The number of hydrogen-bond acceptors (Lipinski definition) is 4. The summed E-state index contributed by atoms with van der Waals surface area (Å²) < 4.78 is 10.8. The van der Waals surface area contributed by atoms with Crippen molar-refractivity contribution in [2.45, 2.75) is 13.3 Å². The van der Waals surface area contributed by atoms with Crippen molar-refractivity contribution in [3.8, 4) is 11.5 Å². The lowest BCUT2D eigenvalue weighted by molar-refractivity contribution is 0.101. The molecule has 0 aliphatic rings. The lowest BCUT2D eigenvalue weighted by Crippen LogP contribution is -2.04. The predicted octanol–water partition coefficient (Wildman–Crippen LogP) is 3.03. The molecular weight excluding hydrogens is 236 g/mol. The first-order chi connectivity index (χ1) is 8.19. The van der Waals surface area contributed by atoms with Gasteiger partial charge in [0.1, 0.15) is 11.5 Å². The summed E-state index contributed by atoms with van der Waals surface area (Å²) in [4.78, 5) is 11.4. The number of Topliss-reactive ketones (excluding diaryl/α,β-unsaturated/α-hetero) is 1. The number of carbonyl (C=O) groups is 1. The predicted molar refractivity (Wildman–Crippen MR) is 71.5 cm³/mol. The van der Waals surface area contributed by atoms with Gasteiger partial charge in [-0.3, -0.25) is 4.79 Å². The van der Waals surface area contributed by atoms with Crippen LogP contribution in [0.4, 0.5) is 0 Å². The molecule has 0 heterocycles.